The molecule has 1 atom stereocenters. The predicted octanol–water partition coefficient (Wildman–Crippen LogP) is 4.43. The second-order valence-electron chi connectivity index (χ2n) is 7.24. The van der Waals surface area contributed by atoms with E-state index < -0.39 is 28.6 Å². The molecule has 1 aliphatic heterocycles. The Bertz CT molecular complexity index is 1230. The number of nitro groups is 1. The molecule has 0 radical (unpaired) electrons. The van der Waals surface area contributed by atoms with Crippen LogP contribution >= 0.6 is 27.3 Å². The van der Waals surface area contributed by atoms with E-state index in [1.54, 1.807) is 18.2 Å². The van der Waals surface area contributed by atoms with E-state index in [-0.39, 0.29) is 23.5 Å². The number of halogens is 1. The average molecular weight is 517 g/mol. The molecular formula is C22H17BrN2O6S. The second kappa shape index (κ2) is 8.45. The number of hydrogen-bond donors (Lipinski definition) is 1. The molecule has 0 aliphatic carbocycles. The highest BCUT2D eigenvalue weighted by Gasteiger charge is 2.51. The van der Waals surface area contributed by atoms with Crippen LogP contribution in [0.5, 0.6) is 5.75 Å². The van der Waals surface area contributed by atoms with Crippen molar-refractivity contribution < 1.29 is 24.4 Å². The van der Waals surface area contributed by atoms with Gasteiger partial charge in [-0.25, -0.2) is 0 Å². The van der Waals surface area contributed by atoms with Gasteiger partial charge in [-0.05, 0) is 41.8 Å². The van der Waals surface area contributed by atoms with Gasteiger partial charge < -0.3 is 14.7 Å². The molecule has 1 aromatic heterocycles. The smallest absolute Gasteiger partial charge is 0.311 e. The Hall–Kier alpha value is -3.08. The second-order valence-corrected chi connectivity index (χ2v) is 9.18. The monoisotopic (exact) mass is 516 g/mol. The minimum absolute atomic E-state index is 0.00646. The molecule has 0 saturated carbocycles. The highest BCUT2D eigenvalue weighted by molar-refractivity contribution is 9.10. The first-order chi connectivity index (χ1) is 15.2. The lowest BCUT2D eigenvalue weighted by molar-refractivity contribution is -0.385. The van der Waals surface area contributed by atoms with Gasteiger partial charge in [-0.2, -0.15) is 0 Å². The summed E-state index contributed by atoms with van der Waals surface area (Å²) in [6.45, 7) is 0.260. The number of rotatable bonds is 7. The van der Waals surface area contributed by atoms with Crippen LogP contribution in [0.1, 0.15) is 27.2 Å². The number of thiophene rings is 1. The van der Waals surface area contributed by atoms with E-state index in [4.69, 9.17) is 4.74 Å². The van der Waals surface area contributed by atoms with Gasteiger partial charge in [-0.15, -0.1) is 11.3 Å². The summed E-state index contributed by atoms with van der Waals surface area (Å²) in [7, 11) is 1.29. The Morgan fingerprint density at radius 1 is 1.28 bits per heavy atom. The standard InChI is InChI=1S/C22H17BrN2O6S/c1-31-20-7-4-13(9-18(20)25(29)30)19(26)11-22(28)16-10-14(23)5-6-17(16)24(21(22)27)12-15-3-2-8-32-15/h2-10,28H,11-12H2,1H3. The van der Waals surface area contributed by atoms with Crippen molar-refractivity contribution in [1.29, 1.82) is 0 Å². The molecule has 10 heteroatoms. The van der Waals surface area contributed by atoms with E-state index in [9.17, 15) is 24.8 Å². The molecule has 0 spiro atoms. The normalized spacial score (nSPS) is 17.3. The molecule has 0 fully saturated rings. The highest BCUT2D eigenvalue weighted by atomic mass is 79.9. The molecule has 1 aliphatic rings. The van der Waals surface area contributed by atoms with Crippen molar-refractivity contribution in [2.45, 2.75) is 18.6 Å². The number of nitro benzene ring substituents is 1. The summed E-state index contributed by atoms with van der Waals surface area (Å²) in [6, 6.07) is 12.6. The Morgan fingerprint density at radius 2 is 2.06 bits per heavy atom. The number of benzene rings is 2. The number of ketones is 1. The molecule has 32 heavy (non-hydrogen) atoms. The number of aliphatic hydroxyl groups is 1. The lowest BCUT2D eigenvalue weighted by Crippen LogP contribution is -2.41. The summed E-state index contributed by atoms with van der Waals surface area (Å²) in [5.41, 5.74) is -1.63. The van der Waals surface area contributed by atoms with Gasteiger partial charge >= 0.3 is 5.69 Å². The summed E-state index contributed by atoms with van der Waals surface area (Å²) in [5.74, 6) is -1.20. The van der Waals surface area contributed by atoms with E-state index >= 15 is 0 Å². The maximum absolute atomic E-state index is 13.3. The fraction of sp³-hybridized carbons (Fsp3) is 0.182. The van der Waals surface area contributed by atoms with E-state index in [0.717, 1.165) is 10.9 Å². The minimum Gasteiger partial charge on any atom is -0.490 e. The third kappa shape index (κ3) is 3.81. The first-order valence-corrected chi connectivity index (χ1v) is 11.1. The summed E-state index contributed by atoms with van der Waals surface area (Å²) < 4.78 is 5.61. The van der Waals surface area contributed by atoms with Crippen molar-refractivity contribution in [3.8, 4) is 5.75 Å². The van der Waals surface area contributed by atoms with E-state index in [2.05, 4.69) is 15.9 Å². The van der Waals surface area contributed by atoms with Gasteiger partial charge in [0.15, 0.2) is 17.1 Å². The number of anilines is 1. The van der Waals surface area contributed by atoms with Crippen LogP contribution in [0.15, 0.2) is 58.4 Å². The summed E-state index contributed by atoms with van der Waals surface area (Å²) in [6.07, 6.45) is -0.556. The molecule has 164 valence electrons. The van der Waals surface area contributed by atoms with Gasteiger partial charge in [0.1, 0.15) is 0 Å². The van der Waals surface area contributed by atoms with Gasteiger partial charge in [0.2, 0.25) is 0 Å². The maximum atomic E-state index is 13.3. The van der Waals surface area contributed by atoms with Gasteiger partial charge in [0.25, 0.3) is 5.91 Å². The fourth-order valence-electron chi connectivity index (χ4n) is 3.75. The molecule has 2 heterocycles. The number of ether oxygens (including phenoxy) is 1. The van der Waals surface area contributed by atoms with E-state index in [0.29, 0.717) is 15.7 Å². The lowest BCUT2D eigenvalue weighted by Gasteiger charge is -2.22. The molecule has 4 rings (SSSR count). The van der Waals surface area contributed by atoms with Crippen molar-refractivity contribution in [3.63, 3.8) is 0 Å². The molecule has 3 aromatic rings. The Kier molecular flexibility index (Phi) is 5.85. The van der Waals surface area contributed by atoms with Gasteiger partial charge in [0, 0.05) is 26.5 Å². The van der Waals surface area contributed by atoms with Crippen molar-refractivity contribution >= 4 is 50.3 Å². The molecular weight excluding hydrogens is 500 g/mol. The number of hydrogen-bond acceptors (Lipinski definition) is 7. The van der Waals surface area contributed by atoms with Crippen LogP contribution in [0.4, 0.5) is 11.4 Å². The quantitative estimate of drug-likeness (QED) is 0.282. The van der Waals surface area contributed by atoms with Crippen LogP contribution in [0.2, 0.25) is 0 Å². The molecule has 2 aromatic carbocycles. The number of fused-ring (bicyclic) bond motifs is 1. The number of carbonyl (C=O) groups is 2. The highest BCUT2D eigenvalue weighted by Crippen LogP contribution is 2.45. The van der Waals surface area contributed by atoms with E-state index in [1.165, 1.54) is 35.5 Å². The third-order valence-electron chi connectivity index (χ3n) is 5.30. The zero-order valence-electron chi connectivity index (χ0n) is 16.8. The number of carbonyl (C=O) groups excluding carboxylic acids is 2. The van der Waals surface area contributed by atoms with Crippen LogP contribution in [0, 0.1) is 10.1 Å². The van der Waals surface area contributed by atoms with Crippen LogP contribution in [-0.4, -0.2) is 28.8 Å². The minimum atomic E-state index is -2.10. The van der Waals surface area contributed by atoms with Gasteiger partial charge in [-0.3, -0.25) is 19.7 Å². The summed E-state index contributed by atoms with van der Waals surface area (Å²) in [4.78, 5) is 39.4. The molecule has 1 unspecified atom stereocenters. The molecule has 1 amide bonds. The SMILES string of the molecule is COc1ccc(C(=O)CC2(O)C(=O)N(Cc3cccs3)c3ccc(Br)cc32)cc1[N+](=O)[O-]. The van der Waals surface area contributed by atoms with Crippen LogP contribution in [0.3, 0.4) is 0 Å². The molecule has 0 bridgehead atoms. The van der Waals surface area contributed by atoms with Gasteiger partial charge in [-0.1, -0.05) is 22.0 Å². The van der Waals surface area contributed by atoms with Crippen molar-refractivity contribution in [2.75, 3.05) is 12.0 Å². The van der Waals surface area contributed by atoms with Crippen molar-refractivity contribution in [1.82, 2.24) is 0 Å². The number of amides is 1. The Balaban J connectivity index is 1.70. The number of Topliss-reactive ketones (excluding diaryl/α,β-unsaturated/α-hetero) is 1. The largest absolute Gasteiger partial charge is 0.490 e. The average Bonchev–Trinajstić information content (AvgIpc) is 3.35. The zero-order valence-corrected chi connectivity index (χ0v) is 19.2. The van der Waals surface area contributed by atoms with Crippen LogP contribution in [-0.2, 0) is 16.9 Å². The predicted molar refractivity (Wildman–Crippen MR) is 122 cm³/mol. The maximum Gasteiger partial charge on any atom is 0.311 e. The topological polar surface area (TPSA) is 110 Å². The van der Waals surface area contributed by atoms with Crippen LogP contribution in [0.25, 0.3) is 0 Å². The Labute approximate surface area is 195 Å². The molecule has 8 nitrogen and oxygen atoms in total. The van der Waals surface area contributed by atoms with Crippen molar-refractivity contribution in [3.05, 3.63) is 84.5 Å². The van der Waals surface area contributed by atoms with Gasteiger partial charge in [0.05, 0.1) is 30.7 Å². The number of nitrogens with zero attached hydrogens (tertiary/aromatic N) is 2. The van der Waals surface area contributed by atoms with Crippen molar-refractivity contribution in [2.24, 2.45) is 0 Å². The fourth-order valence-corrected chi connectivity index (χ4v) is 4.80. The molecule has 0 saturated heterocycles. The summed E-state index contributed by atoms with van der Waals surface area (Å²) in [5, 5.41) is 24.7. The lowest BCUT2D eigenvalue weighted by atomic mass is 9.88. The van der Waals surface area contributed by atoms with E-state index in [1.807, 2.05) is 17.5 Å². The zero-order chi connectivity index (χ0) is 23.0. The number of methoxy groups -OCH3 is 1. The van der Waals surface area contributed by atoms with Crippen LogP contribution < -0.4 is 9.64 Å². The Morgan fingerprint density at radius 3 is 2.72 bits per heavy atom. The third-order valence-corrected chi connectivity index (χ3v) is 6.66. The first kappa shape index (κ1) is 22.1. The first-order valence-electron chi connectivity index (χ1n) is 9.47. The molecule has 1 N–H and O–H groups in total. The summed E-state index contributed by atoms with van der Waals surface area (Å²) >= 11 is 4.84.